The molecule has 0 unspecified atom stereocenters. The molecule has 0 fully saturated rings. The van der Waals surface area contributed by atoms with Crippen LogP contribution in [-0.2, 0) is 0 Å². The molecule has 0 bridgehead atoms. The van der Waals surface area contributed by atoms with Crippen LogP contribution >= 0.6 is 0 Å². The normalized spacial score (nSPS) is 17.3. The highest BCUT2D eigenvalue weighted by Crippen LogP contribution is 2.17. The van der Waals surface area contributed by atoms with E-state index < -0.39 is 0 Å². The fourth-order valence-electron chi connectivity index (χ4n) is 1.06. The predicted octanol–water partition coefficient (Wildman–Crippen LogP) is 2.44. The molecular weight excluding hydrogens is 154 g/mol. The van der Waals surface area contributed by atoms with Gasteiger partial charge in [-0.1, -0.05) is 17.7 Å². The molecule has 0 atom stereocenters. The van der Waals surface area contributed by atoms with Gasteiger partial charge in [-0.05, 0) is 26.3 Å². The van der Waals surface area contributed by atoms with Gasteiger partial charge in [-0.2, -0.15) is 0 Å². The van der Waals surface area contributed by atoms with Gasteiger partial charge in [0.25, 0.3) is 5.70 Å². The van der Waals surface area contributed by atoms with Crippen molar-refractivity contribution in [2.24, 2.45) is 0 Å². The van der Waals surface area contributed by atoms with E-state index in [9.17, 15) is 10.1 Å². The van der Waals surface area contributed by atoms with Gasteiger partial charge in [0.2, 0.25) is 0 Å². The predicted molar refractivity (Wildman–Crippen MR) is 47.2 cm³/mol. The molecule has 0 aromatic carbocycles. The lowest BCUT2D eigenvalue weighted by Crippen LogP contribution is -1.99. The van der Waals surface area contributed by atoms with E-state index in [0.717, 1.165) is 11.1 Å². The molecule has 3 nitrogen and oxygen atoms in total. The number of hydrogen-bond acceptors (Lipinski definition) is 2. The summed E-state index contributed by atoms with van der Waals surface area (Å²) in [5.41, 5.74) is 2.09. The molecular formula is C9H11NO2. The molecule has 1 aliphatic carbocycles. The van der Waals surface area contributed by atoms with Crippen LogP contribution in [0.25, 0.3) is 0 Å². The highest BCUT2D eigenvalue weighted by molar-refractivity contribution is 5.32. The Hall–Kier alpha value is -1.38. The SMILES string of the molecule is CC1=CC=C(C)C([N+](=O)[O-])=CC1. The monoisotopic (exact) mass is 165 g/mol. The van der Waals surface area contributed by atoms with Crippen LogP contribution in [-0.4, -0.2) is 4.92 Å². The molecule has 0 heterocycles. The van der Waals surface area contributed by atoms with Crippen molar-refractivity contribution in [2.45, 2.75) is 20.3 Å². The van der Waals surface area contributed by atoms with Crippen molar-refractivity contribution in [3.8, 4) is 0 Å². The second-order valence-corrected chi connectivity index (χ2v) is 2.91. The van der Waals surface area contributed by atoms with E-state index in [1.807, 2.05) is 13.0 Å². The summed E-state index contributed by atoms with van der Waals surface area (Å²) in [6, 6.07) is 0. The summed E-state index contributed by atoms with van der Waals surface area (Å²) in [6.07, 6.45) is 6.04. The summed E-state index contributed by atoms with van der Waals surface area (Å²) in [4.78, 5) is 10.2. The van der Waals surface area contributed by atoms with Crippen molar-refractivity contribution in [1.82, 2.24) is 0 Å². The molecule has 0 aliphatic heterocycles. The molecule has 0 radical (unpaired) electrons. The largest absolute Gasteiger partial charge is 0.268 e. The third-order valence-corrected chi connectivity index (χ3v) is 1.84. The third-order valence-electron chi connectivity index (χ3n) is 1.84. The molecule has 1 aliphatic rings. The van der Waals surface area contributed by atoms with Gasteiger partial charge < -0.3 is 0 Å². The fraction of sp³-hybridized carbons (Fsp3) is 0.333. The van der Waals surface area contributed by atoms with Crippen LogP contribution in [0.2, 0.25) is 0 Å². The van der Waals surface area contributed by atoms with Gasteiger partial charge in [-0.3, -0.25) is 10.1 Å². The van der Waals surface area contributed by atoms with Crippen LogP contribution in [0.15, 0.2) is 35.1 Å². The van der Waals surface area contributed by atoms with Crippen LogP contribution < -0.4 is 0 Å². The zero-order valence-electron chi connectivity index (χ0n) is 7.20. The van der Waals surface area contributed by atoms with Gasteiger partial charge in [-0.15, -0.1) is 0 Å². The Balaban J connectivity index is 3.00. The molecule has 0 amide bonds. The van der Waals surface area contributed by atoms with E-state index in [4.69, 9.17) is 0 Å². The van der Waals surface area contributed by atoms with Crippen molar-refractivity contribution in [3.63, 3.8) is 0 Å². The Kier molecular flexibility index (Phi) is 2.43. The number of allylic oxidation sites excluding steroid dienone is 5. The van der Waals surface area contributed by atoms with Crippen LogP contribution in [0.5, 0.6) is 0 Å². The summed E-state index contributed by atoms with van der Waals surface area (Å²) in [5.74, 6) is 0. The maximum atomic E-state index is 10.5. The van der Waals surface area contributed by atoms with Gasteiger partial charge in [-0.25, -0.2) is 0 Å². The first-order valence-electron chi connectivity index (χ1n) is 3.80. The van der Waals surface area contributed by atoms with Gasteiger partial charge in [0, 0.05) is 5.57 Å². The first kappa shape index (κ1) is 8.71. The molecule has 12 heavy (non-hydrogen) atoms. The average molecular weight is 165 g/mol. The minimum Gasteiger partial charge on any atom is -0.258 e. The Labute approximate surface area is 71.2 Å². The highest BCUT2D eigenvalue weighted by atomic mass is 16.6. The Morgan fingerprint density at radius 3 is 2.67 bits per heavy atom. The molecule has 0 saturated heterocycles. The summed E-state index contributed by atoms with van der Waals surface area (Å²) in [6.45, 7) is 3.72. The maximum absolute atomic E-state index is 10.5. The number of hydrogen-bond donors (Lipinski definition) is 0. The van der Waals surface area contributed by atoms with E-state index >= 15 is 0 Å². The van der Waals surface area contributed by atoms with Crippen molar-refractivity contribution in [2.75, 3.05) is 0 Å². The van der Waals surface area contributed by atoms with Crippen LogP contribution in [0.4, 0.5) is 0 Å². The molecule has 0 N–H and O–H groups in total. The summed E-state index contributed by atoms with van der Waals surface area (Å²) in [7, 11) is 0. The third kappa shape index (κ3) is 1.81. The molecule has 0 spiro atoms. The van der Waals surface area contributed by atoms with Gasteiger partial charge in [0.05, 0.1) is 4.92 Å². The van der Waals surface area contributed by atoms with Crippen molar-refractivity contribution in [3.05, 3.63) is 45.2 Å². The Morgan fingerprint density at radius 1 is 1.42 bits per heavy atom. The first-order chi connectivity index (χ1) is 5.61. The molecule has 0 aromatic heterocycles. The topological polar surface area (TPSA) is 43.1 Å². The van der Waals surface area contributed by atoms with Gasteiger partial charge >= 0.3 is 0 Å². The van der Waals surface area contributed by atoms with Gasteiger partial charge in [0.1, 0.15) is 0 Å². The van der Waals surface area contributed by atoms with E-state index in [1.54, 1.807) is 19.1 Å². The second-order valence-electron chi connectivity index (χ2n) is 2.91. The van der Waals surface area contributed by atoms with Crippen molar-refractivity contribution >= 4 is 0 Å². The fourth-order valence-corrected chi connectivity index (χ4v) is 1.06. The zero-order chi connectivity index (χ0) is 9.14. The highest BCUT2D eigenvalue weighted by Gasteiger charge is 2.13. The van der Waals surface area contributed by atoms with Crippen molar-refractivity contribution < 1.29 is 4.92 Å². The lowest BCUT2D eigenvalue weighted by molar-refractivity contribution is -0.421. The smallest absolute Gasteiger partial charge is 0.258 e. The lowest BCUT2D eigenvalue weighted by atomic mass is 10.2. The van der Waals surface area contributed by atoms with E-state index in [2.05, 4.69) is 0 Å². The van der Waals surface area contributed by atoms with Crippen LogP contribution in [0.1, 0.15) is 20.3 Å². The number of nitrogens with zero attached hydrogens (tertiary/aromatic N) is 1. The van der Waals surface area contributed by atoms with E-state index in [-0.39, 0.29) is 10.6 Å². The molecule has 0 aromatic rings. The minimum absolute atomic E-state index is 0.225. The molecule has 64 valence electrons. The van der Waals surface area contributed by atoms with Crippen molar-refractivity contribution in [1.29, 1.82) is 0 Å². The average Bonchev–Trinajstić information content (AvgIpc) is 2.14. The second kappa shape index (κ2) is 3.34. The Bertz CT molecular complexity index is 298. The van der Waals surface area contributed by atoms with Crippen LogP contribution in [0.3, 0.4) is 0 Å². The summed E-state index contributed by atoms with van der Waals surface area (Å²) < 4.78 is 0. The molecule has 3 heteroatoms. The standard InChI is InChI=1S/C9H11NO2/c1-7-3-5-8(2)9(6-4-7)10(11)12/h3,5-6H,4H2,1-2H3. The van der Waals surface area contributed by atoms with E-state index in [0.29, 0.717) is 6.42 Å². The summed E-state index contributed by atoms with van der Waals surface area (Å²) in [5, 5.41) is 10.5. The molecule has 0 saturated carbocycles. The molecule has 1 rings (SSSR count). The summed E-state index contributed by atoms with van der Waals surface area (Å²) >= 11 is 0. The quantitative estimate of drug-likeness (QED) is 0.442. The Morgan fingerprint density at radius 2 is 2.08 bits per heavy atom. The minimum atomic E-state index is -0.335. The number of nitro groups is 1. The maximum Gasteiger partial charge on any atom is 0.268 e. The van der Waals surface area contributed by atoms with E-state index in [1.165, 1.54) is 0 Å². The number of rotatable bonds is 1. The first-order valence-corrected chi connectivity index (χ1v) is 3.80. The zero-order valence-corrected chi connectivity index (χ0v) is 7.20. The van der Waals surface area contributed by atoms with Gasteiger partial charge in [0.15, 0.2) is 0 Å². The van der Waals surface area contributed by atoms with Crippen LogP contribution in [0, 0.1) is 10.1 Å². The lowest BCUT2D eigenvalue weighted by Gasteiger charge is -1.94.